The van der Waals surface area contributed by atoms with Gasteiger partial charge in [-0.1, -0.05) is 53.7 Å². The van der Waals surface area contributed by atoms with Gasteiger partial charge in [0.1, 0.15) is 6.33 Å². The Kier molecular flexibility index (Phi) is 7.41. The van der Waals surface area contributed by atoms with E-state index in [0.717, 1.165) is 16.7 Å². The van der Waals surface area contributed by atoms with Crippen molar-refractivity contribution in [1.29, 1.82) is 0 Å². The molecular weight excluding hydrogens is 460 g/mol. The number of aromatic nitrogens is 3. The topological polar surface area (TPSA) is 102 Å². The number of sulfone groups is 1. The molecule has 1 saturated heterocycles. The number of nitrogens with zero attached hydrogens (tertiary/aromatic N) is 4. The zero-order valence-electron chi connectivity index (χ0n) is 20.6. The number of hydrogen-bond acceptors (Lipinski definition) is 6. The van der Waals surface area contributed by atoms with Crippen LogP contribution in [0, 0.1) is 0 Å². The lowest BCUT2D eigenvalue weighted by Crippen LogP contribution is -2.43. The van der Waals surface area contributed by atoms with Crippen molar-refractivity contribution in [1.82, 2.24) is 19.1 Å². The summed E-state index contributed by atoms with van der Waals surface area (Å²) in [6.45, 7) is 12.6. The molecule has 8 nitrogen and oxygen atoms in total. The van der Waals surface area contributed by atoms with E-state index in [0.29, 0.717) is 10.8 Å². The minimum absolute atomic E-state index is 0.0415. The van der Waals surface area contributed by atoms with Crippen molar-refractivity contribution >= 4 is 19.9 Å². The average molecular weight is 497 g/mol. The monoisotopic (exact) mass is 496 g/mol. The lowest BCUT2D eigenvalue weighted by molar-refractivity contribution is 0.344. The van der Waals surface area contributed by atoms with E-state index in [1.165, 1.54) is 15.2 Å². The van der Waals surface area contributed by atoms with Gasteiger partial charge in [-0.25, -0.2) is 16.8 Å². The summed E-state index contributed by atoms with van der Waals surface area (Å²) in [5.74, 6) is 0.373. The summed E-state index contributed by atoms with van der Waals surface area (Å²) in [7, 11) is -5.86. The molecule has 0 saturated carbocycles. The van der Waals surface area contributed by atoms with Gasteiger partial charge in [0.15, 0.2) is 0 Å². The van der Waals surface area contributed by atoms with Gasteiger partial charge in [-0.2, -0.15) is 4.31 Å². The fourth-order valence-corrected chi connectivity index (χ4v) is 8.25. The largest absolute Gasteiger partial charge is 0.308 e. The van der Waals surface area contributed by atoms with E-state index in [2.05, 4.69) is 24.0 Å². The Morgan fingerprint density at radius 2 is 1.39 bits per heavy atom. The third-order valence-corrected chi connectivity index (χ3v) is 10.7. The average Bonchev–Trinajstić information content (AvgIpc) is 3.19. The fraction of sp³-hybridized carbons (Fsp3) is 0.652. The van der Waals surface area contributed by atoms with Crippen LogP contribution in [0.2, 0.25) is 0 Å². The van der Waals surface area contributed by atoms with Crippen molar-refractivity contribution in [3.63, 3.8) is 0 Å². The molecule has 0 unspecified atom stereocenters. The van der Waals surface area contributed by atoms with Gasteiger partial charge in [0, 0.05) is 20.1 Å². The predicted molar refractivity (Wildman–Crippen MR) is 129 cm³/mol. The molecule has 0 atom stereocenters. The molecule has 184 valence electrons. The van der Waals surface area contributed by atoms with Crippen molar-refractivity contribution in [2.45, 2.75) is 87.4 Å². The molecule has 0 bridgehead atoms. The maximum absolute atomic E-state index is 13.9. The maximum Gasteiger partial charge on any atom is 0.249 e. The Balaban J connectivity index is 1.97. The standard InChI is InChI=1S/C23H36N4O4S2/c1-15(2)18-12-20(16(3)4)22(21(13-18)17(5)6)33(30,31)27-10-8-19(9-11-27)32(28,29)23-25-24-14-26(23)7/h12-17,19H,8-11H2,1-7H3. The molecule has 0 N–H and O–H groups in total. The number of hydrogen-bond donors (Lipinski definition) is 0. The van der Waals surface area contributed by atoms with Gasteiger partial charge in [-0.05, 0) is 47.3 Å². The zero-order chi connectivity index (χ0) is 24.7. The van der Waals surface area contributed by atoms with Crippen LogP contribution in [-0.4, -0.2) is 54.2 Å². The molecule has 1 aromatic heterocycles. The van der Waals surface area contributed by atoms with Gasteiger partial charge >= 0.3 is 0 Å². The summed E-state index contributed by atoms with van der Waals surface area (Å²) >= 11 is 0. The highest BCUT2D eigenvalue weighted by molar-refractivity contribution is 7.92. The van der Waals surface area contributed by atoms with Gasteiger partial charge < -0.3 is 4.57 Å². The summed E-state index contributed by atoms with van der Waals surface area (Å²) < 4.78 is 56.6. The molecular formula is C23H36N4O4S2. The molecule has 3 rings (SSSR count). The van der Waals surface area contributed by atoms with Gasteiger partial charge in [-0.3, -0.25) is 0 Å². The summed E-state index contributed by atoms with van der Waals surface area (Å²) in [6.07, 6.45) is 1.81. The number of rotatable bonds is 7. The third kappa shape index (κ3) is 4.88. The minimum atomic E-state index is -3.78. The van der Waals surface area contributed by atoms with Crippen LogP contribution < -0.4 is 0 Å². The summed E-state index contributed by atoms with van der Waals surface area (Å²) in [5, 5.41) is 6.68. The molecule has 2 aromatic rings. The van der Waals surface area contributed by atoms with Crippen LogP contribution in [0.25, 0.3) is 0 Å². The Morgan fingerprint density at radius 1 is 0.879 bits per heavy atom. The molecule has 0 spiro atoms. The molecule has 1 aliphatic rings. The number of piperidine rings is 1. The van der Waals surface area contributed by atoms with Crippen molar-refractivity contribution in [3.05, 3.63) is 35.2 Å². The first-order valence-corrected chi connectivity index (χ1v) is 14.5. The highest BCUT2D eigenvalue weighted by Crippen LogP contribution is 2.37. The summed E-state index contributed by atoms with van der Waals surface area (Å²) in [4.78, 5) is 0.395. The smallest absolute Gasteiger partial charge is 0.249 e. The van der Waals surface area contributed by atoms with Crippen molar-refractivity contribution in [3.8, 4) is 0 Å². The quantitative estimate of drug-likeness (QED) is 0.578. The Morgan fingerprint density at radius 3 is 1.79 bits per heavy atom. The van der Waals surface area contributed by atoms with Crippen molar-refractivity contribution in [2.75, 3.05) is 13.1 Å². The first-order chi connectivity index (χ1) is 15.3. The number of sulfonamides is 1. The van der Waals surface area contributed by atoms with E-state index < -0.39 is 25.1 Å². The Bertz CT molecular complexity index is 1180. The van der Waals surface area contributed by atoms with Crippen LogP contribution in [-0.2, 0) is 26.9 Å². The van der Waals surface area contributed by atoms with Crippen molar-refractivity contribution in [2.24, 2.45) is 7.05 Å². The molecule has 1 aromatic carbocycles. The molecule has 0 aliphatic carbocycles. The Labute approximate surface area is 198 Å². The third-order valence-electron chi connectivity index (χ3n) is 6.44. The molecule has 2 heterocycles. The van der Waals surface area contributed by atoms with E-state index in [9.17, 15) is 16.8 Å². The van der Waals surface area contributed by atoms with E-state index in [1.807, 2.05) is 39.8 Å². The summed E-state index contributed by atoms with van der Waals surface area (Å²) in [6, 6.07) is 4.05. The van der Waals surface area contributed by atoms with Gasteiger partial charge in [-0.15, -0.1) is 10.2 Å². The minimum Gasteiger partial charge on any atom is -0.308 e. The second-order valence-electron chi connectivity index (χ2n) is 9.87. The first-order valence-electron chi connectivity index (χ1n) is 11.5. The van der Waals surface area contributed by atoms with Crippen LogP contribution in [0.5, 0.6) is 0 Å². The lowest BCUT2D eigenvalue weighted by atomic mass is 9.89. The molecule has 0 amide bonds. The summed E-state index contributed by atoms with van der Waals surface area (Å²) in [5.41, 5.74) is 2.80. The van der Waals surface area contributed by atoms with Gasteiger partial charge in [0.25, 0.3) is 0 Å². The lowest BCUT2D eigenvalue weighted by Gasteiger charge is -2.33. The molecule has 10 heteroatoms. The van der Waals surface area contributed by atoms with E-state index in [1.54, 1.807) is 7.05 Å². The normalized spacial score (nSPS) is 16.9. The predicted octanol–water partition coefficient (Wildman–Crippen LogP) is 3.81. The van der Waals surface area contributed by atoms with Crippen LogP contribution in [0.15, 0.2) is 28.5 Å². The van der Waals surface area contributed by atoms with Crippen LogP contribution >= 0.6 is 0 Å². The molecule has 0 radical (unpaired) electrons. The Hall–Kier alpha value is -1.78. The molecule has 33 heavy (non-hydrogen) atoms. The van der Waals surface area contributed by atoms with Crippen molar-refractivity contribution < 1.29 is 16.8 Å². The van der Waals surface area contributed by atoms with Crippen LogP contribution in [0.3, 0.4) is 0 Å². The van der Waals surface area contributed by atoms with E-state index in [4.69, 9.17) is 0 Å². The first kappa shape index (κ1) is 25.8. The number of aryl methyl sites for hydroxylation is 1. The second-order valence-corrected chi connectivity index (χ2v) is 13.9. The van der Waals surface area contributed by atoms with Gasteiger partial charge in [0.05, 0.1) is 10.1 Å². The van der Waals surface area contributed by atoms with E-state index >= 15 is 0 Å². The SMILES string of the molecule is CC(C)c1cc(C(C)C)c(S(=O)(=O)N2CCC(S(=O)(=O)c3nncn3C)CC2)c(C(C)C)c1. The molecule has 1 fully saturated rings. The van der Waals surface area contributed by atoms with Crippen LogP contribution in [0.1, 0.15) is 88.8 Å². The number of benzene rings is 1. The second kappa shape index (κ2) is 9.46. The highest BCUT2D eigenvalue weighted by atomic mass is 32.2. The van der Waals surface area contributed by atoms with Crippen LogP contribution in [0.4, 0.5) is 0 Å². The molecule has 1 aliphatic heterocycles. The zero-order valence-corrected chi connectivity index (χ0v) is 22.2. The highest BCUT2D eigenvalue weighted by Gasteiger charge is 2.39. The maximum atomic E-state index is 13.9. The fourth-order valence-electron chi connectivity index (χ4n) is 4.38. The van der Waals surface area contributed by atoms with E-state index in [-0.39, 0.29) is 42.9 Å². The van der Waals surface area contributed by atoms with Gasteiger partial charge in [0.2, 0.25) is 25.0 Å².